The summed E-state index contributed by atoms with van der Waals surface area (Å²) < 4.78 is 14.0. The highest BCUT2D eigenvalue weighted by atomic mass is 16.5. The Morgan fingerprint density at radius 2 is 1.60 bits per heavy atom. The fourth-order valence-electron chi connectivity index (χ4n) is 3.69. The van der Waals surface area contributed by atoms with Gasteiger partial charge in [-0.3, -0.25) is 4.68 Å². The monoisotopic (exact) mass is 402 g/mol. The van der Waals surface area contributed by atoms with E-state index in [0.29, 0.717) is 17.0 Å². The molecule has 4 aromatic rings. The summed E-state index contributed by atoms with van der Waals surface area (Å²) in [6, 6.07) is 21.0. The first-order valence-corrected chi connectivity index (χ1v) is 9.71. The molecule has 2 aromatic carbocycles. The van der Waals surface area contributed by atoms with Gasteiger partial charge in [0.15, 0.2) is 0 Å². The van der Waals surface area contributed by atoms with Gasteiger partial charge in [0.2, 0.25) is 0 Å². The molecule has 0 aliphatic carbocycles. The van der Waals surface area contributed by atoms with Crippen molar-refractivity contribution >= 4 is 22.8 Å². The minimum absolute atomic E-state index is 0.282. The summed E-state index contributed by atoms with van der Waals surface area (Å²) in [6.07, 6.45) is 0. The minimum atomic E-state index is -0.462. The number of para-hydroxylation sites is 1. The smallest absolute Gasteiger partial charge is 0.356 e. The number of ether oxygens (including phenoxy) is 2. The molecule has 0 aliphatic rings. The van der Waals surface area contributed by atoms with E-state index in [2.05, 4.69) is 0 Å². The van der Waals surface area contributed by atoms with Gasteiger partial charge in [-0.25, -0.2) is 14.3 Å². The van der Waals surface area contributed by atoms with Crippen LogP contribution in [0.3, 0.4) is 0 Å². The number of hydrogen-bond acceptors (Lipinski definition) is 4. The van der Waals surface area contributed by atoms with Gasteiger partial charge in [0.05, 0.1) is 36.2 Å². The van der Waals surface area contributed by atoms with E-state index in [-0.39, 0.29) is 6.61 Å². The number of methoxy groups -OCH3 is 1. The van der Waals surface area contributed by atoms with Crippen molar-refractivity contribution in [2.75, 3.05) is 13.7 Å². The molecule has 0 unspecified atom stereocenters. The topological polar surface area (TPSA) is 62.5 Å². The second-order valence-corrected chi connectivity index (χ2v) is 6.82. The molecule has 0 saturated carbocycles. The highest BCUT2D eigenvalue weighted by Gasteiger charge is 2.25. The van der Waals surface area contributed by atoms with Crippen LogP contribution < -0.4 is 0 Å². The maximum Gasteiger partial charge on any atom is 0.356 e. The van der Waals surface area contributed by atoms with E-state index >= 15 is 0 Å². The molecule has 2 heterocycles. The van der Waals surface area contributed by atoms with E-state index in [4.69, 9.17) is 9.47 Å². The lowest BCUT2D eigenvalue weighted by Crippen LogP contribution is -2.19. The van der Waals surface area contributed by atoms with Gasteiger partial charge in [-0.05, 0) is 32.0 Å². The summed E-state index contributed by atoms with van der Waals surface area (Å²) in [5.74, 6) is -0.863. The second kappa shape index (κ2) is 7.91. The number of rotatable bonds is 5. The Bertz CT molecular complexity index is 1240. The normalized spacial score (nSPS) is 10.9. The highest BCUT2D eigenvalue weighted by molar-refractivity contribution is 5.96. The molecule has 152 valence electrons. The molecule has 0 amide bonds. The zero-order valence-electron chi connectivity index (χ0n) is 17.1. The third kappa shape index (κ3) is 3.16. The largest absolute Gasteiger partial charge is 0.464 e. The SMILES string of the molecule is CCOC(=O)c1cc(-c2ccccc2)n(-n2c(C(=O)OC)cc3ccccc32)c1C. The van der Waals surface area contributed by atoms with E-state index in [1.165, 1.54) is 7.11 Å². The van der Waals surface area contributed by atoms with Crippen LogP contribution in [0.25, 0.3) is 22.2 Å². The molecule has 6 nitrogen and oxygen atoms in total. The summed E-state index contributed by atoms with van der Waals surface area (Å²) >= 11 is 0. The number of hydrogen-bond donors (Lipinski definition) is 0. The Hall–Kier alpha value is -3.80. The standard InChI is InChI=1S/C24H22N2O4/c1-4-30-23(27)19-15-21(17-10-6-5-7-11-17)25(16(19)2)26-20-13-9-8-12-18(20)14-22(26)24(28)29-3/h5-15H,4H2,1-3H3. The summed E-state index contributed by atoms with van der Waals surface area (Å²) in [5, 5.41) is 0.891. The van der Waals surface area contributed by atoms with Crippen molar-refractivity contribution in [3.05, 3.63) is 83.7 Å². The van der Waals surface area contributed by atoms with Gasteiger partial charge in [0.25, 0.3) is 0 Å². The van der Waals surface area contributed by atoms with E-state index < -0.39 is 11.9 Å². The zero-order chi connectivity index (χ0) is 21.3. The molecule has 6 heteroatoms. The van der Waals surface area contributed by atoms with Gasteiger partial charge in [0, 0.05) is 10.9 Å². The molecule has 0 fully saturated rings. The molecule has 0 atom stereocenters. The molecular weight excluding hydrogens is 380 g/mol. The number of aromatic nitrogens is 2. The average Bonchev–Trinajstić information content (AvgIpc) is 3.31. The van der Waals surface area contributed by atoms with Gasteiger partial charge in [-0.2, -0.15) is 0 Å². The van der Waals surface area contributed by atoms with Crippen LogP contribution in [-0.4, -0.2) is 35.0 Å². The first-order chi connectivity index (χ1) is 14.6. The predicted octanol–water partition coefficient (Wildman–Crippen LogP) is 4.69. The van der Waals surface area contributed by atoms with E-state index in [1.807, 2.05) is 66.2 Å². The molecule has 30 heavy (non-hydrogen) atoms. The van der Waals surface area contributed by atoms with Crippen molar-refractivity contribution in [2.45, 2.75) is 13.8 Å². The lowest BCUT2D eigenvalue weighted by molar-refractivity contribution is 0.0524. The molecule has 0 aliphatic heterocycles. The summed E-state index contributed by atoms with van der Waals surface area (Å²) in [6.45, 7) is 3.90. The second-order valence-electron chi connectivity index (χ2n) is 6.82. The third-order valence-corrected chi connectivity index (χ3v) is 5.06. The van der Waals surface area contributed by atoms with E-state index in [0.717, 1.165) is 22.2 Å². The van der Waals surface area contributed by atoms with E-state index in [1.54, 1.807) is 23.7 Å². The Balaban J connectivity index is 2.08. The van der Waals surface area contributed by atoms with Crippen molar-refractivity contribution in [1.82, 2.24) is 9.35 Å². The van der Waals surface area contributed by atoms with Crippen molar-refractivity contribution in [2.24, 2.45) is 0 Å². The molecule has 0 saturated heterocycles. The Kier molecular flexibility index (Phi) is 5.14. The summed E-state index contributed by atoms with van der Waals surface area (Å²) in [4.78, 5) is 25.3. The molecule has 4 rings (SSSR count). The zero-order valence-corrected chi connectivity index (χ0v) is 17.1. The number of esters is 2. The van der Waals surface area contributed by atoms with Crippen LogP contribution in [0.4, 0.5) is 0 Å². The number of fused-ring (bicyclic) bond motifs is 1. The van der Waals surface area contributed by atoms with E-state index in [9.17, 15) is 9.59 Å². The summed E-state index contributed by atoms with van der Waals surface area (Å²) in [7, 11) is 1.36. The maximum absolute atomic E-state index is 12.6. The minimum Gasteiger partial charge on any atom is -0.464 e. The van der Waals surface area contributed by atoms with Crippen molar-refractivity contribution < 1.29 is 19.1 Å². The van der Waals surface area contributed by atoms with Crippen LogP contribution in [0.5, 0.6) is 0 Å². The number of carbonyl (C=O) groups is 2. The van der Waals surface area contributed by atoms with Gasteiger partial charge in [-0.1, -0.05) is 48.5 Å². The highest BCUT2D eigenvalue weighted by Crippen LogP contribution is 2.30. The van der Waals surface area contributed by atoms with Crippen molar-refractivity contribution in [1.29, 1.82) is 0 Å². The maximum atomic E-state index is 12.6. The Morgan fingerprint density at radius 1 is 0.900 bits per heavy atom. The van der Waals surface area contributed by atoms with Crippen molar-refractivity contribution in [3.8, 4) is 11.3 Å². The van der Waals surface area contributed by atoms with Crippen LogP contribution in [0, 0.1) is 6.92 Å². The number of carbonyl (C=O) groups excluding carboxylic acids is 2. The molecule has 0 bridgehead atoms. The first-order valence-electron chi connectivity index (χ1n) is 9.71. The molecule has 0 radical (unpaired) electrons. The van der Waals surface area contributed by atoms with Crippen LogP contribution in [-0.2, 0) is 9.47 Å². The summed E-state index contributed by atoms with van der Waals surface area (Å²) in [5.41, 5.74) is 3.98. The average molecular weight is 402 g/mol. The van der Waals surface area contributed by atoms with Gasteiger partial charge >= 0.3 is 11.9 Å². The van der Waals surface area contributed by atoms with Gasteiger partial charge in [0.1, 0.15) is 5.69 Å². The molecular formula is C24H22N2O4. The third-order valence-electron chi connectivity index (χ3n) is 5.06. The van der Waals surface area contributed by atoms with Crippen molar-refractivity contribution in [3.63, 3.8) is 0 Å². The lowest BCUT2D eigenvalue weighted by Gasteiger charge is -2.17. The molecule has 0 N–H and O–H groups in total. The lowest BCUT2D eigenvalue weighted by atomic mass is 10.1. The number of nitrogens with zero attached hydrogens (tertiary/aromatic N) is 2. The quantitative estimate of drug-likeness (QED) is 0.454. The first kappa shape index (κ1) is 19.5. The fourth-order valence-corrected chi connectivity index (χ4v) is 3.69. The Morgan fingerprint density at radius 3 is 2.30 bits per heavy atom. The molecule has 0 spiro atoms. The van der Waals surface area contributed by atoms with Crippen LogP contribution in [0.15, 0.2) is 66.7 Å². The number of benzene rings is 2. The van der Waals surface area contributed by atoms with Crippen LogP contribution >= 0.6 is 0 Å². The Labute approximate surface area is 174 Å². The van der Waals surface area contributed by atoms with Crippen LogP contribution in [0.1, 0.15) is 33.5 Å². The van der Waals surface area contributed by atoms with Gasteiger partial charge < -0.3 is 9.47 Å². The van der Waals surface area contributed by atoms with Crippen LogP contribution in [0.2, 0.25) is 0 Å². The molecule has 2 aromatic heterocycles. The van der Waals surface area contributed by atoms with Gasteiger partial charge in [-0.15, -0.1) is 0 Å². The predicted molar refractivity (Wildman–Crippen MR) is 115 cm³/mol. The fraction of sp³-hybridized carbons (Fsp3) is 0.167.